The fourth-order valence-electron chi connectivity index (χ4n) is 3.45. The lowest BCUT2D eigenvalue weighted by Gasteiger charge is -2.40. The number of thiazole rings is 1. The number of nitrogens with zero attached hydrogens (tertiary/aromatic N) is 3. The Bertz CT molecular complexity index is 759. The molecule has 0 bridgehead atoms. The van der Waals surface area contributed by atoms with Crippen LogP contribution in [0.5, 0.6) is 0 Å². The van der Waals surface area contributed by atoms with Crippen molar-refractivity contribution in [2.45, 2.75) is 18.9 Å². The van der Waals surface area contributed by atoms with Crippen LogP contribution in [0.15, 0.2) is 22.9 Å². The fourth-order valence-corrected chi connectivity index (χ4v) is 5.06. The Morgan fingerprint density at radius 2 is 2.24 bits per heavy atom. The molecule has 0 aliphatic carbocycles. The van der Waals surface area contributed by atoms with E-state index in [1.165, 1.54) is 11.3 Å². The summed E-state index contributed by atoms with van der Waals surface area (Å²) in [5, 5.41) is 7.85. The van der Waals surface area contributed by atoms with Crippen LogP contribution in [0, 0.1) is 0 Å². The summed E-state index contributed by atoms with van der Waals surface area (Å²) in [4.78, 5) is 34.4. The number of hydrogen-bond donors (Lipinski definition) is 1. The van der Waals surface area contributed by atoms with E-state index in [1.807, 2.05) is 32.7 Å². The van der Waals surface area contributed by atoms with Crippen molar-refractivity contribution in [3.05, 3.63) is 28.6 Å². The molecule has 2 aliphatic heterocycles. The first-order valence-electron chi connectivity index (χ1n) is 8.51. The van der Waals surface area contributed by atoms with Gasteiger partial charge in [0.25, 0.3) is 5.91 Å². The molecule has 2 aromatic heterocycles. The SMILES string of the molecule is O=C(c1csc(-c2cccs2)n1)N1CCCC(N2CCNCC2=O)C1. The van der Waals surface area contributed by atoms with Crippen molar-refractivity contribution in [3.63, 3.8) is 0 Å². The first-order valence-corrected chi connectivity index (χ1v) is 10.3. The van der Waals surface area contributed by atoms with E-state index in [4.69, 9.17) is 0 Å². The van der Waals surface area contributed by atoms with Crippen molar-refractivity contribution in [1.29, 1.82) is 0 Å². The third-order valence-electron chi connectivity index (χ3n) is 4.71. The summed E-state index contributed by atoms with van der Waals surface area (Å²) in [5.74, 6) is 0.116. The average Bonchev–Trinajstić information content (AvgIpc) is 3.33. The van der Waals surface area contributed by atoms with Gasteiger partial charge in [0.15, 0.2) is 0 Å². The molecule has 4 heterocycles. The molecule has 2 saturated heterocycles. The number of piperidine rings is 1. The third kappa shape index (κ3) is 3.47. The van der Waals surface area contributed by atoms with E-state index in [9.17, 15) is 9.59 Å². The van der Waals surface area contributed by atoms with Gasteiger partial charge in [-0.05, 0) is 24.3 Å². The van der Waals surface area contributed by atoms with Crippen LogP contribution in [0.25, 0.3) is 9.88 Å². The summed E-state index contributed by atoms with van der Waals surface area (Å²) in [6, 6.07) is 4.13. The minimum Gasteiger partial charge on any atom is -0.336 e. The second-order valence-corrected chi connectivity index (χ2v) is 8.13. The Kier molecular flexibility index (Phi) is 4.82. The molecule has 0 aromatic carbocycles. The molecule has 2 fully saturated rings. The molecule has 2 aliphatic rings. The predicted molar refractivity (Wildman–Crippen MR) is 98.9 cm³/mol. The van der Waals surface area contributed by atoms with Crippen molar-refractivity contribution in [2.75, 3.05) is 32.7 Å². The van der Waals surface area contributed by atoms with E-state index in [1.54, 1.807) is 11.3 Å². The number of aromatic nitrogens is 1. The van der Waals surface area contributed by atoms with Gasteiger partial charge in [-0.1, -0.05) is 6.07 Å². The van der Waals surface area contributed by atoms with Crippen LogP contribution < -0.4 is 5.32 Å². The molecule has 0 spiro atoms. The molecule has 25 heavy (non-hydrogen) atoms. The van der Waals surface area contributed by atoms with Gasteiger partial charge in [-0.15, -0.1) is 22.7 Å². The highest BCUT2D eigenvalue weighted by Crippen LogP contribution is 2.28. The lowest BCUT2D eigenvalue weighted by Crippen LogP contribution is -2.57. The summed E-state index contributed by atoms with van der Waals surface area (Å²) in [5.41, 5.74) is 0.515. The topological polar surface area (TPSA) is 65.5 Å². The zero-order valence-electron chi connectivity index (χ0n) is 13.8. The second-order valence-electron chi connectivity index (χ2n) is 6.33. The second kappa shape index (κ2) is 7.23. The minimum atomic E-state index is -0.0219. The van der Waals surface area contributed by atoms with Gasteiger partial charge >= 0.3 is 0 Å². The molecule has 0 radical (unpaired) electrons. The number of thiophene rings is 1. The van der Waals surface area contributed by atoms with E-state index in [0.29, 0.717) is 18.8 Å². The van der Waals surface area contributed by atoms with Gasteiger partial charge in [0.05, 0.1) is 11.4 Å². The Labute approximate surface area is 154 Å². The summed E-state index contributed by atoms with van der Waals surface area (Å²) < 4.78 is 0. The van der Waals surface area contributed by atoms with E-state index >= 15 is 0 Å². The summed E-state index contributed by atoms with van der Waals surface area (Å²) in [7, 11) is 0. The molecule has 4 rings (SSSR count). The van der Waals surface area contributed by atoms with E-state index < -0.39 is 0 Å². The molecular weight excluding hydrogens is 356 g/mol. The number of likely N-dealkylation sites (tertiary alicyclic amines) is 1. The Morgan fingerprint density at radius 3 is 3.04 bits per heavy atom. The molecular formula is C17H20N4O2S2. The first-order chi connectivity index (χ1) is 12.2. The molecule has 2 aromatic rings. The Morgan fingerprint density at radius 1 is 1.32 bits per heavy atom. The van der Waals surface area contributed by atoms with E-state index in [2.05, 4.69) is 10.3 Å². The monoisotopic (exact) mass is 376 g/mol. The Balaban J connectivity index is 1.46. The number of hydrogen-bond acceptors (Lipinski definition) is 6. The van der Waals surface area contributed by atoms with Crippen LogP contribution in [0.2, 0.25) is 0 Å². The number of carbonyl (C=O) groups excluding carboxylic acids is 2. The summed E-state index contributed by atoms with van der Waals surface area (Å²) in [6.45, 7) is 3.30. The number of piperazine rings is 1. The number of nitrogens with one attached hydrogen (secondary N) is 1. The quantitative estimate of drug-likeness (QED) is 0.889. The largest absolute Gasteiger partial charge is 0.336 e. The van der Waals surface area contributed by atoms with Crippen LogP contribution in [0.4, 0.5) is 0 Å². The molecule has 1 N–H and O–H groups in total. The molecule has 6 nitrogen and oxygen atoms in total. The zero-order chi connectivity index (χ0) is 17.2. The number of amides is 2. The highest BCUT2D eigenvalue weighted by molar-refractivity contribution is 7.20. The van der Waals surface area contributed by atoms with Crippen molar-refractivity contribution in [3.8, 4) is 9.88 Å². The maximum atomic E-state index is 12.9. The van der Waals surface area contributed by atoms with Crippen molar-refractivity contribution in [1.82, 2.24) is 20.1 Å². The number of carbonyl (C=O) groups is 2. The van der Waals surface area contributed by atoms with Crippen molar-refractivity contribution < 1.29 is 9.59 Å². The first kappa shape index (κ1) is 16.7. The summed E-state index contributed by atoms with van der Waals surface area (Å²) in [6.07, 6.45) is 1.89. The minimum absolute atomic E-state index is 0.0219. The lowest BCUT2D eigenvalue weighted by molar-refractivity contribution is -0.135. The fraction of sp³-hybridized carbons (Fsp3) is 0.471. The van der Waals surface area contributed by atoms with E-state index in [-0.39, 0.29) is 17.9 Å². The normalized spacial score (nSPS) is 21.6. The molecule has 1 unspecified atom stereocenters. The lowest BCUT2D eigenvalue weighted by atomic mass is 10.0. The van der Waals surface area contributed by atoms with Gasteiger partial charge in [-0.3, -0.25) is 9.59 Å². The van der Waals surface area contributed by atoms with Crippen molar-refractivity contribution >= 4 is 34.5 Å². The van der Waals surface area contributed by atoms with Gasteiger partial charge in [-0.2, -0.15) is 0 Å². The summed E-state index contributed by atoms with van der Waals surface area (Å²) >= 11 is 3.14. The van der Waals surface area contributed by atoms with Crippen molar-refractivity contribution in [2.24, 2.45) is 0 Å². The molecule has 2 amide bonds. The molecule has 0 saturated carbocycles. The smallest absolute Gasteiger partial charge is 0.273 e. The van der Waals surface area contributed by atoms with Gasteiger partial charge in [0, 0.05) is 37.6 Å². The zero-order valence-corrected chi connectivity index (χ0v) is 15.4. The van der Waals surface area contributed by atoms with Crippen LogP contribution in [-0.2, 0) is 4.79 Å². The van der Waals surface area contributed by atoms with Crippen LogP contribution in [0.1, 0.15) is 23.3 Å². The highest BCUT2D eigenvalue weighted by Gasteiger charge is 2.32. The predicted octanol–water partition coefficient (Wildman–Crippen LogP) is 1.91. The molecule has 8 heteroatoms. The van der Waals surface area contributed by atoms with Crippen LogP contribution in [0.3, 0.4) is 0 Å². The van der Waals surface area contributed by atoms with Gasteiger partial charge in [-0.25, -0.2) is 4.98 Å². The van der Waals surface area contributed by atoms with E-state index in [0.717, 1.165) is 42.4 Å². The van der Waals surface area contributed by atoms with Gasteiger partial charge in [0.2, 0.25) is 5.91 Å². The maximum absolute atomic E-state index is 12.9. The standard InChI is InChI=1S/C17H20N4O2S2/c22-15-9-18-5-7-21(15)12-3-1-6-20(10-12)17(23)13-11-25-16(19-13)14-4-2-8-24-14/h2,4,8,11-12,18H,1,3,5-7,9-10H2. The highest BCUT2D eigenvalue weighted by atomic mass is 32.1. The number of rotatable bonds is 3. The van der Waals surface area contributed by atoms with Crippen LogP contribution in [-0.4, -0.2) is 65.4 Å². The maximum Gasteiger partial charge on any atom is 0.273 e. The molecule has 132 valence electrons. The third-order valence-corrected chi connectivity index (χ3v) is 6.59. The van der Waals surface area contributed by atoms with Gasteiger partial charge in [0.1, 0.15) is 10.7 Å². The van der Waals surface area contributed by atoms with Gasteiger partial charge < -0.3 is 15.1 Å². The molecule has 1 atom stereocenters. The van der Waals surface area contributed by atoms with Crippen LogP contribution >= 0.6 is 22.7 Å². The Hall–Kier alpha value is -1.77. The average molecular weight is 377 g/mol.